The van der Waals surface area contributed by atoms with Gasteiger partial charge in [0, 0.05) is 11.4 Å². The second-order valence-electron chi connectivity index (χ2n) is 7.40. The molecule has 0 aliphatic carbocycles. The number of halogens is 1. The van der Waals surface area contributed by atoms with Crippen LogP contribution in [0.2, 0.25) is 5.02 Å². The fourth-order valence-electron chi connectivity index (χ4n) is 3.15. The van der Waals surface area contributed by atoms with E-state index < -0.39 is 15.9 Å². The molecule has 0 heterocycles. The average Bonchev–Trinajstić information content (AvgIpc) is 2.75. The Bertz CT molecular complexity index is 1210. The summed E-state index contributed by atoms with van der Waals surface area (Å²) in [5.41, 5.74) is 2.07. The number of hydrogen-bond donors (Lipinski definition) is 2. The minimum Gasteiger partial charge on any atom is -0.494 e. The minimum absolute atomic E-state index is 0.0693. The van der Waals surface area contributed by atoms with Gasteiger partial charge in [0.05, 0.1) is 22.1 Å². The lowest BCUT2D eigenvalue weighted by Gasteiger charge is -2.15. The van der Waals surface area contributed by atoms with Crippen LogP contribution in [0.25, 0.3) is 0 Å². The number of ether oxygens (including phenoxy) is 1. The molecule has 0 saturated carbocycles. The Hall–Kier alpha value is -3.03. The number of amides is 1. The molecule has 1 amide bonds. The molecule has 0 fully saturated rings. The number of para-hydroxylation sites is 1. The Morgan fingerprint density at radius 2 is 1.72 bits per heavy atom. The predicted molar refractivity (Wildman–Crippen MR) is 128 cm³/mol. The lowest BCUT2D eigenvalue weighted by molar-refractivity contribution is 0.102. The molecule has 6 nitrogen and oxygen atoms in total. The monoisotopic (exact) mass is 472 g/mol. The third-order valence-corrected chi connectivity index (χ3v) is 6.45. The lowest BCUT2D eigenvalue weighted by atomic mass is 10.0. The van der Waals surface area contributed by atoms with Gasteiger partial charge in [0.15, 0.2) is 0 Å². The summed E-state index contributed by atoms with van der Waals surface area (Å²) in [6.07, 6.45) is 0. The zero-order valence-corrected chi connectivity index (χ0v) is 19.6. The third-order valence-electron chi connectivity index (χ3n) is 4.74. The molecule has 0 atom stereocenters. The normalized spacial score (nSPS) is 11.3. The van der Waals surface area contributed by atoms with E-state index in [1.807, 2.05) is 39.0 Å². The first-order valence-corrected chi connectivity index (χ1v) is 12.0. The first-order valence-electron chi connectivity index (χ1n) is 10.2. The molecule has 0 saturated heterocycles. The van der Waals surface area contributed by atoms with Crippen molar-refractivity contribution in [3.8, 4) is 5.75 Å². The molecule has 0 aliphatic rings. The zero-order valence-electron chi connectivity index (χ0n) is 18.1. The van der Waals surface area contributed by atoms with E-state index in [1.54, 1.807) is 30.3 Å². The summed E-state index contributed by atoms with van der Waals surface area (Å²) in [5, 5.41) is 3.00. The van der Waals surface area contributed by atoms with Crippen molar-refractivity contribution in [3.05, 3.63) is 82.9 Å². The molecular weight excluding hydrogens is 448 g/mol. The highest BCUT2D eigenvalue weighted by Gasteiger charge is 2.20. The smallest absolute Gasteiger partial charge is 0.261 e. The fraction of sp³-hybridized carbons (Fsp3) is 0.208. The Labute approximate surface area is 193 Å². The summed E-state index contributed by atoms with van der Waals surface area (Å²) in [7, 11) is -3.94. The van der Waals surface area contributed by atoms with E-state index >= 15 is 0 Å². The van der Waals surface area contributed by atoms with Gasteiger partial charge in [-0.05, 0) is 66.9 Å². The van der Waals surface area contributed by atoms with Gasteiger partial charge in [0.25, 0.3) is 15.9 Å². The molecule has 3 rings (SSSR count). The summed E-state index contributed by atoms with van der Waals surface area (Å²) in [5.74, 6) is 0.357. The molecule has 3 aromatic carbocycles. The minimum atomic E-state index is -3.94. The van der Waals surface area contributed by atoms with Crippen LogP contribution in [0, 0.1) is 0 Å². The number of anilines is 2. The third kappa shape index (κ3) is 5.60. The number of carbonyl (C=O) groups is 1. The Kier molecular flexibility index (Phi) is 7.43. The van der Waals surface area contributed by atoms with Gasteiger partial charge in [-0.15, -0.1) is 0 Å². The molecule has 0 aliphatic heterocycles. The SMILES string of the molecule is CCOc1ccc(NS(=O)(=O)c2ccc(Cl)c(C(=O)Nc3ccccc3C(C)C)c2)cc1. The molecule has 32 heavy (non-hydrogen) atoms. The first-order chi connectivity index (χ1) is 15.2. The van der Waals surface area contributed by atoms with Crippen LogP contribution >= 0.6 is 11.6 Å². The van der Waals surface area contributed by atoms with Crippen LogP contribution in [0.15, 0.2) is 71.6 Å². The number of hydrogen-bond acceptors (Lipinski definition) is 4. The van der Waals surface area contributed by atoms with Gasteiger partial charge in [-0.1, -0.05) is 43.6 Å². The van der Waals surface area contributed by atoms with E-state index in [1.165, 1.54) is 18.2 Å². The van der Waals surface area contributed by atoms with E-state index in [2.05, 4.69) is 10.0 Å². The molecular formula is C24H25ClN2O4S. The molecule has 3 aromatic rings. The van der Waals surface area contributed by atoms with Crippen molar-refractivity contribution in [2.45, 2.75) is 31.6 Å². The summed E-state index contributed by atoms with van der Waals surface area (Å²) >= 11 is 6.23. The number of benzene rings is 3. The zero-order chi connectivity index (χ0) is 23.3. The highest BCUT2D eigenvalue weighted by atomic mass is 35.5. The lowest BCUT2D eigenvalue weighted by Crippen LogP contribution is -2.17. The summed E-state index contributed by atoms with van der Waals surface area (Å²) in [6, 6.07) is 18.1. The van der Waals surface area contributed by atoms with Crippen molar-refractivity contribution >= 4 is 38.9 Å². The molecule has 2 N–H and O–H groups in total. The van der Waals surface area contributed by atoms with Gasteiger partial charge in [0.2, 0.25) is 0 Å². The highest BCUT2D eigenvalue weighted by Crippen LogP contribution is 2.27. The highest BCUT2D eigenvalue weighted by molar-refractivity contribution is 7.92. The first kappa shape index (κ1) is 23.6. The molecule has 0 spiro atoms. The van der Waals surface area contributed by atoms with Gasteiger partial charge in [-0.2, -0.15) is 0 Å². The quantitative estimate of drug-likeness (QED) is 0.426. The van der Waals surface area contributed by atoms with E-state index in [0.29, 0.717) is 23.7 Å². The van der Waals surface area contributed by atoms with Crippen LogP contribution in [0.4, 0.5) is 11.4 Å². The molecule has 0 radical (unpaired) electrons. The molecule has 0 bridgehead atoms. The number of rotatable bonds is 8. The van der Waals surface area contributed by atoms with E-state index in [0.717, 1.165) is 5.56 Å². The maximum atomic E-state index is 12.9. The number of nitrogens with one attached hydrogen (secondary N) is 2. The van der Waals surface area contributed by atoms with Gasteiger partial charge in [-0.3, -0.25) is 9.52 Å². The second-order valence-corrected chi connectivity index (χ2v) is 9.49. The van der Waals surface area contributed by atoms with Crippen LogP contribution in [0.3, 0.4) is 0 Å². The number of carbonyl (C=O) groups excluding carboxylic acids is 1. The van der Waals surface area contributed by atoms with Crippen molar-refractivity contribution in [2.24, 2.45) is 0 Å². The van der Waals surface area contributed by atoms with Crippen LogP contribution < -0.4 is 14.8 Å². The van der Waals surface area contributed by atoms with Crippen LogP contribution in [0.1, 0.15) is 42.6 Å². The van der Waals surface area contributed by atoms with Crippen molar-refractivity contribution in [1.29, 1.82) is 0 Å². The summed E-state index contributed by atoms with van der Waals surface area (Å²) in [4.78, 5) is 12.9. The van der Waals surface area contributed by atoms with Gasteiger partial charge in [0.1, 0.15) is 5.75 Å². The van der Waals surface area contributed by atoms with E-state index in [-0.39, 0.29) is 21.4 Å². The Morgan fingerprint density at radius 3 is 2.38 bits per heavy atom. The topological polar surface area (TPSA) is 84.5 Å². The van der Waals surface area contributed by atoms with Crippen molar-refractivity contribution in [2.75, 3.05) is 16.6 Å². The van der Waals surface area contributed by atoms with Gasteiger partial charge < -0.3 is 10.1 Å². The van der Waals surface area contributed by atoms with Crippen LogP contribution in [-0.4, -0.2) is 20.9 Å². The molecule has 8 heteroatoms. The van der Waals surface area contributed by atoms with Crippen LogP contribution in [0.5, 0.6) is 5.75 Å². The van der Waals surface area contributed by atoms with Gasteiger partial charge >= 0.3 is 0 Å². The second kappa shape index (κ2) is 10.1. The Morgan fingerprint density at radius 1 is 1.03 bits per heavy atom. The fourth-order valence-corrected chi connectivity index (χ4v) is 4.44. The molecule has 168 valence electrons. The van der Waals surface area contributed by atoms with E-state index in [9.17, 15) is 13.2 Å². The molecule has 0 unspecified atom stereocenters. The number of sulfonamides is 1. The molecule has 0 aromatic heterocycles. The van der Waals surface area contributed by atoms with Crippen molar-refractivity contribution < 1.29 is 17.9 Å². The predicted octanol–water partition coefficient (Wildman–Crippen LogP) is 5.92. The maximum absolute atomic E-state index is 12.9. The average molecular weight is 473 g/mol. The maximum Gasteiger partial charge on any atom is 0.261 e. The van der Waals surface area contributed by atoms with E-state index in [4.69, 9.17) is 16.3 Å². The summed E-state index contributed by atoms with van der Waals surface area (Å²) < 4.78 is 33.6. The summed E-state index contributed by atoms with van der Waals surface area (Å²) in [6.45, 7) is 6.43. The van der Waals surface area contributed by atoms with Crippen LogP contribution in [-0.2, 0) is 10.0 Å². The van der Waals surface area contributed by atoms with Crippen molar-refractivity contribution in [1.82, 2.24) is 0 Å². The van der Waals surface area contributed by atoms with Crippen molar-refractivity contribution in [3.63, 3.8) is 0 Å². The standard InChI is InChI=1S/C24H25ClN2O4S/c1-4-31-18-11-9-17(10-12-18)27-32(29,30)19-13-14-22(25)21(15-19)24(28)26-23-8-6-5-7-20(23)16(2)3/h5-16,27H,4H2,1-3H3,(H,26,28). The largest absolute Gasteiger partial charge is 0.494 e. The Balaban J connectivity index is 1.85. The van der Waals surface area contributed by atoms with Gasteiger partial charge in [-0.25, -0.2) is 8.42 Å².